The Bertz CT molecular complexity index is 563. The molecule has 1 rings (SSSR count). The van der Waals surface area contributed by atoms with E-state index in [9.17, 15) is 9.90 Å². The van der Waals surface area contributed by atoms with Crippen LogP contribution in [0.4, 0.5) is 0 Å². The highest BCUT2D eigenvalue weighted by atomic mass is 28.4. The highest BCUT2D eigenvalue weighted by Crippen LogP contribution is 2.38. The van der Waals surface area contributed by atoms with Crippen LogP contribution in [0.5, 0.6) is 0 Å². The normalized spacial score (nSPS) is 26.8. The van der Waals surface area contributed by atoms with Gasteiger partial charge < -0.3 is 14.4 Å². The number of carbonyl (C=O) groups is 1. The second-order valence-electron chi connectivity index (χ2n) is 9.84. The first kappa shape index (κ1) is 25.1. The number of rotatable bonds is 4. The fourth-order valence-electron chi connectivity index (χ4n) is 3.62. The van der Waals surface area contributed by atoms with Crippen molar-refractivity contribution in [2.45, 2.75) is 97.0 Å². The van der Waals surface area contributed by atoms with Gasteiger partial charge in [-0.15, -0.1) is 0 Å². The smallest absolute Gasteiger partial charge is 0.222 e. The molecule has 162 valence electrons. The van der Waals surface area contributed by atoms with Gasteiger partial charge >= 0.3 is 0 Å². The number of likely N-dealkylation sites (N-methyl/N-ethyl adjacent to an activating group) is 1. The minimum absolute atomic E-state index is 0.00208. The minimum Gasteiger partial charge on any atom is -0.411 e. The van der Waals surface area contributed by atoms with Crippen molar-refractivity contribution in [1.29, 1.82) is 0 Å². The molecule has 1 N–H and O–H groups in total. The Morgan fingerprint density at radius 1 is 1.29 bits per heavy atom. The second-order valence-corrected chi connectivity index (χ2v) is 14.6. The van der Waals surface area contributed by atoms with Crippen LogP contribution in [0.2, 0.25) is 18.1 Å². The molecule has 1 unspecified atom stereocenters. The zero-order valence-electron chi connectivity index (χ0n) is 19.4. The van der Waals surface area contributed by atoms with E-state index in [4.69, 9.17) is 4.43 Å². The number of aliphatic hydroxyl groups is 1. The Kier molecular flexibility index (Phi) is 9.64. The largest absolute Gasteiger partial charge is 0.411 e. The number of carbonyl (C=O) groups excluding carboxylic acids is 1. The van der Waals surface area contributed by atoms with Crippen LogP contribution < -0.4 is 0 Å². The standard InChI is InChI=1S/C23H43NO3Si/c1-18-14-15-20(27-28(7,8)23(3,4)5)12-10-9-11-13-21(26)24(6)22(18)19(2)16-17-25/h14-16,18,20,22,25H,9-13,17H2,1-8H3/t18-,20?,22-/m0/s1. The van der Waals surface area contributed by atoms with E-state index in [2.05, 4.69) is 52.9 Å². The summed E-state index contributed by atoms with van der Waals surface area (Å²) >= 11 is 0. The molecule has 0 bridgehead atoms. The number of aliphatic hydroxyl groups excluding tert-OH is 1. The molecule has 0 saturated heterocycles. The maximum atomic E-state index is 12.7. The van der Waals surface area contributed by atoms with Crippen molar-refractivity contribution < 1.29 is 14.3 Å². The van der Waals surface area contributed by atoms with Gasteiger partial charge in [0.25, 0.3) is 0 Å². The maximum absolute atomic E-state index is 12.7. The molecular weight excluding hydrogens is 366 g/mol. The summed E-state index contributed by atoms with van der Waals surface area (Å²) < 4.78 is 6.70. The summed E-state index contributed by atoms with van der Waals surface area (Å²) in [6, 6.07) is -0.0381. The fraction of sp³-hybridized carbons (Fsp3) is 0.783. The summed E-state index contributed by atoms with van der Waals surface area (Å²) in [4.78, 5) is 14.5. The molecule has 0 radical (unpaired) electrons. The van der Waals surface area contributed by atoms with Gasteiger partial charge in [-0.1, -0.05) is 64.3 Å². The molecule has 5 heteroatoms. The molecule has 3 atom stereocenters. The monoisotopic (exact) mass is 409 g/mol. The average Bonchev–Trinajstić information content (AvgIpc) is 2.57. The van der Waals surface area contributed by atoms with Crippen molar-refractivity contribution in [2.24, 2.45) is 5.92 Å². The molecule has 1 heterocycles. The summed E-state index contributed by atoms with van der Waals surface area (Å²) in [6.07, 6.45) is 11.0. The van der Waals surface area contributed by atoms with Gasteiger partial charge in [0, 0.05) is 13.5 Å². The average molecular weight is 410 g/mol. The fourth-order valence-corrected chi connectivity index (χ4v) is 4.93. The third kappa shape index (κ3) is 7.16. The SMILES string of the molecule is CC(=CCO)[C@@H]1[C@@H](C)C=CC(O[Si](C)(C)C(C)(C)C)CCCCCC(=O)N1C. The van der Waals surface area contributed by atoms with E-state index < -0.39 is 8.32 Å². The number of hydrogen-bond donors (Lipinski definition) is 1. The Morgan fingerprint density at radius 2 is 1.93 bits per heavy atom. The van der Waals surface area contributed by atoms with Crippen LogP contribution in [0.3, 0.4) is 0 Å². The Balaban J connectivity index is 3.14. The molecule has 0 aromatic heterocycles. The lowest BCUT2D eigenvalue weighted by molar-refractivity contribution is -0.132. The van der Waals surface area contributed by atoms with E-state index in [-0.39, 0.29) is 35.6 Å². The van der Waals surface area contributed by atoms with Crippen molar-refractivity contribution in [1.82, 2.24) is 4.90 Å². The third-order valence-corrected chi connectivity index (χ3v) is 11.0. The molecule has 28 heavy (non-hydrogen) atoms. The van der Waals surface area contributed by atoms with Gasteiger partial charge in [0.1, 0.15) is 0 Å². The minimum atomic E-state index is -1.84. The van der Waals surface area contributed by atoms with Gasteiger partial charge in [0.15, 0.2) is 8.32 Å². The molecule has 4 nitrogen and oxygen atoms in total. The first-order valence-electron chi connectivity index (χ1n) is 10.8. The van der Waals surface area contributed by atoms with Crippen LogP contribution in [-0.2, 0) is 9.22 Å². The van der Waals surface area contributed by atoms with Crippen molar-refractivity contribution in [3.8, 4) is 0 Å². The molecule has 1 amide bonds. The number of hydrogen-bond acceptors (Lipinski definition) is 3. The zero-order chi connectivity index (χ0) is 21.5. The van der Waals surface area contributed by atoms with Crippen LogP contribution in [-0.4, -0.2) is 50.0 Å². The lowest BCUT2D eigenvalue weighted by atomic mass is 9.91. The molecular formula is C23H43NO3Si. The van der Waals surface area contributed by atoms with Gasteiger partial charge in [-0.05, 0) is 43.8 Å². The lowest BCUT2D eigenvalue weighted by Crippen LogP contribution is -2.44. The molecule has 0 spiro atoms. The van der Waals surface area contributed by atoms with Gasteiger partial charge in [0.2, 0.25) is 5.91 Å². The molecule has 0 saturated carbocycles. The molecule has 1 aliphatic rings. The molecule has 0 aliphatic carbocycles. The van der Waals surface area contributed by atoms with E-state index >= 15 is 0 Å². The number of amides is 1. The van der Waals surface area contributed by atoms with E-state index in [0.29, 0.717) is 6.42 Å². The highest BCUT2D eigenvalue weighted by molar-refractivity contribution is 6.74. The van der Waals surface area contributed by atoms with Crippen LogP contribution in [0.1, 0.15) is 66.7 Å². The van der Waals surface area contributed by atoms with Crippen molar-refractivity contribution in [3.63, 3.8) is 0 Å². The first-order valence-corrected chi connectivity index (χ1v) is 13.7. The van der Waals surface area contributed by atoms with Crippen LogP contribution in [0.25, 0.3) is 0 Å². The van der Waals surface area contributed by atoms with E-state index in [1.807, 2.05) is 24.9 Å². The van der Waals surface area contributed by atoms with E-state index in [0.717, 1.165) is 31.3 Å². The lowest BCUT2D eigenvalue weighted by Gasteiger charge is -2.39. The van der Waals surface area contributed by atoms with Crippen LogP contribution >= 0.6 is 0 Å². The summed E-state index contributed by atoms with van der Waals surface area (Å²) in [5.41, 5.74) is 1.04. The Labute approximate surface area is 174 Å². The molecule has 0 aromatic rings. The first-order chi connectivity index (χ1) is 12.9. The van der Waals surface area contributed by atoms with Crippen molar-refractivity contribution in [3.05, 3.63) is 23.8 Å². The quantitative estimate of drug-likeness (QED) is 0.506. The predicted molar refractivity (Wildman–Crippen MR) is 121 cm³/mol. The third-order valence-electron chi connectivity index (χ3n) is 6.45. The summed E-state index contributed by atoms with van der Waals surface area (Å²) in [5, 5.41) is 9.53. The van der Waals surface area contributed by atoms with Crippen molar-refractivity contribution >= 4 is 14.2 Å². The summed E-state index contributed by atoms with van der Waals surface area (Å²) in [6.45, 7) is 15.6. The second kappa shape index (κ2) is 10.7. The number of nitrogens with zero attached hydrogens (tertiary/aromatic N) is 1. The summed E-state index contributed by atoms with van der Waals surface area (Å²) in [5.74, 6) is 0.340. The van der Waals surface area contributed by atoms with Gasteiger partial charge in [-0.25, -0.2) is 0 Å². The molecule has 0 fully saturated rings. The predicted octanol–water partition coefficient (Wildman–Crippen LogP) is 5.30. The van der Waals surface area contributed by atoms with Crippen molar-refractivity contribution in [2.75, 3.05) is 13.7 Å². The van der Waals surface area contributed by atoms with Gasteiger partial charge in [0.05, 0.1) is 18.8 Å². The van der Waals surface area contributed by atoms with Gasteiger partial charge in [-0.3, -0.25) is 4.79 Å². The molecule has 0 aromatic carbocycles. The highest BCUT2D eigenvalue weighted by Gasteiger charge is 2.38. The topological polar surface area (TPSA) is 49.8 Å². The maximum Gasteiger partial charge on any atom is 0.222 e. The van der Waals surface area contributed by atoms with E-state index in [1.165, 1.54) is 0 Å². The van der Waals surface area contributed by atoms with Gasteiger partial charge in [-0.2, -0.15) is 0 Å². The zero-order valence-corrected chi connectivity index (χ0v) is 20.4. The van der Waals surface area contributed by atoms with E-state index in [1.54, 1.807) is 0 Å². The van der Waals surface area contributed by atoms with Crippen LogP contribution in [0.15, 0.2) is 23.8 Å². The van der Waals surface area contributed by atoms with Crippen LogP contribution in [0, 0.1) is 5.92 Å². The summed E-state index contributed by atoms with van der Waals surface area (Å²) in [7, 11) is 0.0494. The Hall–Kier alpha value is -0.913. The Morgan fingerprint density at radius 3 is 2.50 bits per heavy atom. The molecule has 1 aliphatic heterocycles.